The predicted octanol–water partition coefficient (Wildman–Crippen LogP) is 3.69. The van der Waals surface area contributed by atoms with Gasteiger partial charge in [0.2, 0.25) is 5.91 Å². The van der Waals surface area contributed by atoms with Gasteiger partial charge in [-0.15, -0.1) is 0 Å². The van der Waals surface area contributed by atoms with Gasteiger partial charge in [0, 0.05) is 25.1 Å². The Morgan fingerprint density at radius 3 is 2.18 bits per heavy atom. The van der Waals surface area contributed by atoms with Gasteiger partial charge in [-0.05, 0) is 41.7 Å². The van der Waals surface area contributed by atoms with Gasteiger partial charge < -0.3 is 15.4 Å². The Kier molecular flexibility index (Phi) is 8.05. The molecule has 0 saturated heterocycles. The summed E-state index contributed by atoms with van der Waals surface area (Å²) < 4.78 is 5.69. The van der Waals surface area contributed by atoms with Crippen molar-refractivity contribution >= 4 is 11.8 Å². The van der Waals surface area contributed by atoms with E-state index in [0.29, 0.717) is 38.1 Å². The molecule has 5 heteroatoms. The fraction of sp³-hybridized carbons (Fsp3) is 0.391. The highest BCUT2D eigenvalue weighted by atomic mass is 16.5. The van der Waals surface area contributed by atoms with Gasteiger partial charge >= 0.3 is 0 Å². The van der Waals surface area contributed by atoms with Crippen molar-refractivity contribution in [3.63, 3.8) is 0 Å². The number of hydrogen-bond acceptors (Lipinski definition) is 3. The number of benzene rings is 2. The summed E-state index contributed by atoms with van der Waals surface area (Å²) >= 11 is 0. The molecular formula is C23H30N2O3. The van der Waals surface area contributed by atoms with E-state index in [2.05, 4.69) is 43.5 Å². The number of carbonyl (C=O) groups excluding carboxylic acids is 2. The second-order valence-electron chi connectivity index (χ2n) is 7.70. The molecule has 28 heavy (non-hydrogen) atoms. The van der Waals surface area contributed by atoms with Crippen LogP contribution in [0.5, 0.6) is 5.75 Å². The molecule has 0 aliphatic rings. The van der Waals surface area contributed by atoms with Crippen LogP contribution in [0.15, 0.2) is 54.6 Å². The molecule has 150 valence electrons. The van der Waals surface area contributed by atoms with E-state index in [9.17, 15) is 9.59 Å². The Bertz CT molecular complexity index is 750. The summed E-state index contributed by atoms with van der Waals surface area (Å²) in [6.07, 6.45) is 1.04. The zero-order valence-electron chi connectivity index (χ0n) is 17.0. The zero-order chi connectivity index (χ0) is 20.4. The van der Waals surface area contributed by atoms with Crippen molar-refractivity contribution in [3.8, 4) is 5.75 Å². The quantitative estimate of drug-likeness (QED) is 0.650. The highest BCUT2D eigenvalue weighted by Crippen LogP contribution is 2.24. The van der Waals surface area contributed by atoms with E-state index in [1.165, 1.54) is 5.56 Å². The van der Waals surface area contributed by atoms with E-state index < -0.39 is 0 Å². The second kappa shape index (κ2) is 10.5. The summed E-state index contributed by atoms with van der Waals surface area (Å²) in [5.74, 6) is 0.637. The van der Waals surface area contributed by atoms with Crippen LogP contribution in [0.25, 0.3) is 0 Å². The Morgan fingerprint density at radius 2 is 1.54 bits per heavy atom. The largest absolute Gasteiger partial charge is 0.494 e. The molecular weight excluding hydrogens is 352 g/mol. The van der Waals surface area contributed by atoms with Crippen molar-refractivity contribution in [2.75, 3.05) is 19.7 Å². The van der Waals surface area contributed by atoms with E-state index in [1.54, 1.807) is 12.1 Å². The zero-order valence-corrected chi connectivity index (χ0v) is 17.0. The van der Waals surface area contributed by atoms with Gasteiger partial charge in [-0.2, -0.15) is 0 Å². The first-order chi connectivity index (χ1) is 13.4. The van der Waals surface area contributed by atoms with Crippen molar-refractivity contribution in [2.45, 2.75) is 39.0 Å². The number of carbonyl (C=O) groups is 2. The van der Waals surface area contributed by atoms with Crippen LogP contribution < -0.4 is 15.4 Å². The first kappa shape index (κ1) is 21.5. The van der Waals surface area contributed by atoms with Crippen LogP contribution in [0.2, 0.25) is 0 Å². The third-order valence-corrected chi connectivity index (χ3v) is 4.31. The minimum atomic E-state index is -0.138. The molecule has 0 aliphatic carbocycles. The third kappa shape index (κ3) is 7.43. The van der Waals surface area contributed by atoms with Crippen LogP contribution in [0.4, 0.5) is 0 Å². The molecule has 2 aromatic rings. The van der Waals surface area contributed by atoms with Crippen molar-refractivity contribution in [3.05, 3.63) is 65.7 Å². The molecule has 2 aromatic carbocycles. The van der Waals surface area contributed by atoms with Crippen LogP contribution in [0.1, 0.15) is 49.5 Å². The Balaban J connectivity index is 1.56. The van der Waals surface area contributed by atoms with Gasteiger partial charge in [-0.1, -0.05) is 51.1 Å². The van der Waals surface area contributed by atoms with E-state index in [-0.39, 0.29) is 17.2 Å². The number of nitrogens with one attached hydrogen (secondary N) is 2. The molecule has 0 bridgehead atoms. The predicted molar refractivity (Wildman–Crippen MR) is 112 cm³/mol. The van der Waals surface area contributed by atoms with E-state index in [4.69, 9.17) is 4.74 Å². The van der Waals surface area contributed by atoms with Crippen molar-refractivity contribution < 1.29 is 14.3 Å². The van der Waals surface area contributed by atoms with Gasteiger partial charge in [0.05, 0.1) is 6.61 Å². The number of ether oxygens (including phenoxy) is 1. The standard InChI is InChI=1S/C23H30N2O3/c1-23(2,3)19-11-13-20(14-12-19)28-17-7-10-21(26)24-15-16-25-22(27)18-8-5-4-6-9-18/h4-6,8-9,11-14H,7,10,15-17H2,1-3H3,(H,24,26)(H,25,27). The van der Waals surface area contributed by atoms with E-state index >= 15 is 0 Å². The van der Waals surface area contributed by atoms with Crippen molar-refractivity contribution in [1.29, 1.82) is 0 Å². The SMILES string of the molecule is CC(C)(C)c1ccc(OCCCC(=O)NCCNC(=O)c2ccccc2)cc1. The average molecular weight is 383 g/mol. The molecule has 0 saturated carbocycles. The molecule has 0 radical (unpaired) electrons. The molecule has 2 amide bonds. The first-order valence-electron chi connectivity index (χ1n) is 9.69. The summed E-state index contributed by atoms with van der Waals surface area (Å²) in [5.41, 5.74) is 2.00. The lowest BCUT2D eigenvalue weighted by atomic mass is 9.87. The summed E-state index contributed by atoms with van der Waals surface area (Å²) in [4.78, 5) is 23.7. The van der Waals surface area contributed by atoms with Crippen LogP contribution >= 0.6 is 0 Å². The summed E-state index contributed by atoms with van der Waals surface area (Å²) in [7, 11) is 0. The first-order valence-corrected chi connectivity index (χ1v) is 9.69. The van der Waals surface area contributed by atoms with Crippen molar-refractivity contribution in [2.24, 2.45) is 0 Å². The molecule has 0 fully saturated rings. The summed E-state index contributed by atoms with van der Waals surface area (Å²) in [5, 5.41) is 5.58. The normalized spacial score (nSPS) is 11.0. The maximum Gasteiger partial charge on any atom is 0.251 e. The highest BCUT2D eigenvalue weighted by Gasteiger charge is 2.13. The fourth-order valence-corrected chi connectivity index (χ4v) is 2.63. The van der Waals surface area contributed by atoms with Crippen molar-refractivity contribution in [1.82, 2.24) is 10.6 Å². The lowest BCUT2D eigenvalue weighted by molar-refractivity contribution is -0.121. The van der Waals surface area contributed by atoms with Crippen LogP contribution in [0, 0.1) is 0 Å². The molecule has 0 spiro atoms. The van der Waals surface area contributed by atoms with Gasteiger partial charge in [0.25, 0.3) is 5.91 Å². The molecule has 2 rings (SSSR count). The van der Waals surface area contributed by atoms with Crippen LogP contribution in [-0.2, 0) is 10.2 Å². The van der Waals surface area contributed by atoms with Crippen LogP contribution in [-0.4, -0.2) is 31.5 Å². The van der Waals surface area contributed by atoms with E-state index in [1.807, 2.05) is 30.3 Å². The van der Waals surface area contributed by atoms with Crippen LogP contribution in [0.3, 0.4) is 0 Å². The minimum Gasteiger partial charge on any atom is -0.494 e. The lowest BCUT2D eigenvalue weighted by Gasteiger charge is -2.19. The number of amides is 2. The molecule has 0 atom stereocenters. The Morgan fingerprint density at radius 1 is 0.893 bits per heavy atom. The molecule has 0 unspecified atom stereocenters. The Labute approximate surface area is 167 Å². The Hall–Kier alpha value is -2.82. The minimum absolute atomic E-state index is 0.0411. The number of rotatable bonds is 9. The van der Waals surface area contributed by atoms with Gasteiger partial charge in [-0.25, -0.2) is 0 Å². The number of hydrogen-bond donors (Lipinski definition) is 2. The monoisotopic (exact) mass is 382 g/mol. The lowest BCUT2D eigenvalue weighted by Crippen LogP contribution is -2.34. The fourth-order valence-electron chi connectivity index (χ4n) is 2.63. The summed E-state index contributed by atoms with van der Waals surface area (Å²) in [6.45, 7) is 7.83. The maximum atomic E-state index is 11.9. The molecule has 5 nitrogen and oxygen atoms in total. The third-order valence-electron chi connectivity index (χ3n) is 4.31. The highest BCUT2D eigenvalue weighted by molar-refractivity contribution is 5.94. The summed E-state index contributed by atoms with van der Waals surface area (Å²) in [6, 6.07) is 17.1. The maximum absolute atomic E-state index is 11.9. The van der Waals surface area contributed by atoms with E-state index in [0.717, 1.165) is 5.75 Å². The second-order valence-corrected chi connectivity index (χ2v) is 7.70. The molecule has 2 N–H and O–H groups in total. The average Bonchev–Trinajstić information content (AvgIpc) is 2.69. The van der Waals surface area contributed by atoms with Gasteiger partial charge in [0.1, 0.15) is 5.75 Å². The smallest absolute Gasteiger partial charge is 0.251 e. The van der Waals surface area contributed by atoms with Gasteiger partial charge in [0.15, 0.2) is 0 Å². The molecule has 0 aliphatic heterocycles. The molecule has 0 heterocycles. The topological polar surface area (TPSA) is 67.4 Å². The molecule has 0 aromatic heterocycles. The van der Waals surface area contributed by atoms with Gasteiger partial charge in [-0.3, -0.25) is 9.59 Å².